The quantitative estimate of drug-likeness (QED) is 0.850. The number of piperazine rings is 1. The predicted molar refractivity (Wildman–Crippen MR) is 99.2 cm³/mol. The summed E-state index contributed by atoms with van der Waals surface area (Å²) in [6.45, 7) is 4.19. The molecule has 0 bridgehead atoms. The van der Waals surface area contributed by atoms with Crippen LogP contribution in [0.4, 0.5) is 0 Å². The van der Waals surface area contributed by atoms with Crippen molar-refractivity contribution in [3.63, 3.8) is 0 Å². The van der Waals surface area contributed by atoms with Crippen LogP contribution in [0.15, 0.2) is 30.3 Å². The maximum Gasteiger partial charge on any atom is 0.274 e. The Bertz CT molecular complexity index is 743. The molecule has 1 amide bonds. The van der Waals surface area contributed by atoms with E-state index >= 15 is 0 Å². The molecule has 1 fully saturated rings. The van der Waals surface area contributed by atoms with Gasteiger partial charge >= 0.3 is 0 Å². The average molecular weight is 404 g/mol. The fourth-order valence-electron chi connectivity index (χ4n) is 2.45. The molecule has 1 atom stereocenters. The van der Waals surface area contributed by atoms with Gasteiger partial charge in [-0.3, -0.25) is 4.79 Å². The molecular formula is C16H17Cl3N4O2. The summed E-state index contributed by atoms with van der Waals surface area (Å²) in [6.07, 6.45) is 0. The summed E-state index contributed by atoms with van der Waals surface area (Å²) in [4.78, 5) is 14.3. The SMILES string of the molecule is C[C@H]1CNCCN1C(=O)c1ccc(Oc2cccc(Cl)c2Cl)nn1.Cl. The van der Waals surface area contributed by atoms with Crippen LogP contribution < -0.4 is 10.1 Å². The number of carbonyl (C=O) groups is 1. The zero-order valence-electron chi connectivity index (χ0n) is 13.4. The first-order chi connectivity index (χ1) is 11.6. The predicted octanol–water partition coefficient (Wildman–Crippen LogP) is 3.43. The van der Waals surface area contributed by atoms with E-state index in [4.69, 9.17) is 27.9 Å². The standard InChI is InChI=1S/C16H16Cl2N4O2.ClH/c1-10-9-19-7-8-22(10)16(23)12-5-6-14(21-20-12)24-13-4-2-3-11(17)15(13)18;/h2-6,10,19H,7-9H2,1H3;1H/t10-;/m0./s1. The second kappa shape index (κ2) is 8.67. The third-order valence-corrected chi connectivity index (χ3v) is 4.55. The van der Waals surface area contributed by atoms with Gasteiger partial charge in [-0.15, -0.1) is 22.6 Å². The van der Waals surface area contributed by atoms with E-state index in [1.165, 1.54) is 0 Å². The highest BCUT2D eigenvalue weighted by Gasteiger charge is 2.25. The summed E-state index contributed by atoms with van der Waals surface area (Å²) >= 11 is 12.0. The lowest BCUT2D eigenvalue weighted by Crippen LogP contribution is -2.52. The van der Waals surface area contributed by atoms with E-state index < -0.39 is 0 Å². The molecule has 1 saturated heterocycles. The molecule has 6 nitrogen and oxygen atoms in total. The van der Waals surface area contributed by atoms with Crippen LogP contribution in [0.25, 0.3) is 0 Å². The first kappa shape index (κ1) is 19.7. The van der Waals surface area contributed by atoms with Crippen molar-refractivity contribution >= 4 is 41.5 Å². The molecule has 134 valence electrons. The van der Waals surface area contributed by atoms with E-state index in [9.17, 15) is 4.79 Å². The van der Waals surface area contributed by atoms with Crippen LogP contribution in [0.3, 0.4) is 0 Å². The number of aromatic nitrogens is 2. The Morgan fingerprint density at radius 2 is 2.08 bits per heavy atom. The molecule has 0 unspecified atom stereocenters. The Labute approximate surface area is 161 Å². The van der Waals surface area contributed by atoms with E-state index in [2.05, 4.69) is 15.5 Å². The van der Waals surface area contributed by atoms with Gasteiger partial charge in [-0.25, -0.2) is 0 Å². The van der Waals surface area contributed by atoms with Crippen molar-refractivity contribution < 1.29 is 9.53 Å². The van der Waals surface area contributed by atoms with Crippen molar-refractivity contribution in [2.75, 3.05) is 19.6 Å². The smallest absolute Gasteiger partial charge is 0.274 e. The minimum absolute atomic E-state index is 0. The average Bonchev–Trinajstić information content (AvgIpc) is 2.59. The largest absolute Gasteiger partial charge is 0.436 e. The minimum Gasteiger partial charge on any atom is -0.436 e. The van der Waals surface area contributed by atoms with Crippen LogP contribution in [0, 0.1) is 0 Å². The fraction of sp³-hybridized carbons (Fsp3) is 0.312. The number of benzene rings is 1. The van der Waals surface area contributed by atoms with Crippen LogP contribution in [-0.2, 0) is 0 Å². The summed E-state index contributed by atoms with van der Waals surface area (Å²) < 4.78 is 5.57. The summed E-state index contributed by atoms with van der Waals surface area (Å²) in [6, 6.07) is 8.37. The van der Waals surface area contributed by atoms with Crippen molar-refractivity contribution in [1.29, 1.82) is 0 Å². The Balaban J connectivity index is 0.00000225. The van der Waals surface area contributed by atoms with Gasteiger partial charge in [0.25, 0.3) is 5.91 Å². The number of ether oxygens (including phenoxy) is 1. The van der Waals surface area contributed by atoms with Gasteiger partial charge in [0.2, 0.25) is 5.88 Å². The molecule has 0 aliphatic carbocycles. The molecule has 1 aliphatic rings. The molecule has 1 aliphatic heterocycles. The van der Waals surface area contributed by atoms with Crippen molar-refractivity contribution in [3.8, 4) is 11.6 Å². The molecular weight excluding hydrogens is 387 g/mol. The molecule has 2 aromatic rings. The molecule has 2 heterocycles. The number of carbonyl (C=O) groups excluding carboxylic acids is 1. The van der Waals surface area contributed by atoms with Crippen LogP contribution in [0.1, 0.15) is 17.4 Å². The summed E-state index contributed by atoms with van der Waals surface area (Å²) in [5, 5.41) is 11.9. The molecule has 9 heteroatoms. The molecule has 0 spiro atoms. The number of nitrogens with zero attached hydrogens (tertiary/aromatic N) is 3. The molecule has 0 saturated carbocycles. The molecule has 3 rings (SSSR count). The van der Waals surface area contributed by atoms with E-state index in [1.807, 2.05) is 6.92 Å². The third-order valence-electron chi connectivity index (χ3n) is 3.75. The number of amides is 1. The monoisotopic (exact) mass is 402 g/mol. The lowest BCUT2D eigenvalue weighted by atomic mass is 10.2. The van der Waals surface area contributed by atoms with E-state index in [-0.39, 0.29) is 35.9 Å². The van der Waals surface area contributed by atoms with Crippen molar-refractivity contribution in [3.05, 3.63) is 46.1 Å². The van der Waals surface area contributed by atoms with Gasteiger partial charge in [0.15, 0.2) is 5.69 Å². The number of halogens is 3. The van der Waals surface area contributed by atoms with Crippen LogP contribution in [0.2, 0.25) is 10.0 Å². The Morgan fingerprint density at radius 1 is 1.28 bits per heavy atom. The maximum atomic E-state index is 12.5. The zero-order valence-corrected chi connectivity index (χ0v) is 15.7. The molecule has 0 radical (unpaired) electrons. The third kappa shape index (κ3) is 4.52. The summed E-state index contributed by atoms with van der Waals surface area (Å²) in [5.41, 5.74) is 0.285. The highest BCUT2D eigenvalue weighted by molar-refractivity contribution is 6.42. The summed E-state index contributed by atoms with van der Waals surface area (Å²) in [5.74, 6) is 0.487. The Kier molecular flexibility index (Phi) is 6.84. The first-order valence-corrected chi connectivity index (χ1v) is 8.29. The topological polar surface area (TPSA) is 67.4 Å². The second-order valence-corrected chi connectivity index (χ2v) is 6.25. The lowest BCUT2D eigenvalue weighted by Gasteiger charge is -2.33. The molecule has 1 aromatic heterocycles. The van der Waals surface area contributed by atoms with Gasteiger partial charge in [-0.05, 0) is 25.1 Å². The van der Waals surface area contributed by atoms with Gasteiger partial charge in [-0.2, -0.15) is 0 Å². The lowest BCUT2D eigenvalue weighted by molar-refractivity contribution is 0.0648. The van der Waals surface area contributed by atoms with Gasteiger partial charge in [0.1, 0.15) is 10.8 Å². The Hall–Kier alpha value is -1.60. The van der Waals surface area contributed by atoms with Gasteiger partial charge < -0.3 is 15.0 Å². The van der Waals surface area contributed by atoms with Gasteiger partial charge in [-0.1, -0.05) is 29.3 Å². The van der Waals surface area contributed by atoms with Gasteiger partial charge in [0, 0.05) is 31.7 Å². The van der Waals surface area contributed by atoms with Crippen molar-refractivity contribution in [2.24, 2.45) is 0 Å². The first-order valence-electron chi connectivity index (χ1n) is 7.53. The molecule has 1 N–H and O–H groups in total. The van der Waals surface area contributed by atoms with Gasteiger partial charge in [0.05, 0.1) is 5.02 Å². The molecule has 1 aromatic carbocycles. The minimum atomic E-state index is -0.135. The normalized spacial score (nSPS) is 16.9. The van der Waals surface area contributed by atoms with Crippen molar-refractivity contribution in [2.45, 2.75) is 13.0 Å². The Morgan fingerprint density at radius 3 is 2.76 bits per heavy atom. The number of hydrogen-bond donors (Lipinski definition) is 1. The van der Waals surface area contributed by atoms with Crippen LogP contribution in [-0.4, -0.2) is 46.7 Å². The number of rotatable bonds is 3. The highest BCUT2D eigenvalue weighted by atomic mass is 35.5. The second-order valence-electron chi connectivity index (χ2n) is 5.46. The van der Waals surface area contributed by atoms with E-state index in [1.54, 1.807) is 35.2 Å². The zero-order chi connectivity index (χ0) is 17.1. The van der Waals surface area contributed by atoms with E-state index in [0.29, 0.717) is 22.3 Å². The maximum absolute atomic E-state index is 12.5. The molecule has 25 heavy (non-hydrogen) atoms. The van der Waals surface area contributed by atoms with Crippen LogP contribution in [0.5, 0.6) is 11.6 Å². The van der Waals surface area contributed by atoms with E-state index in [0.717, 1.165) is 13.1 Å². The van der Waals surface area contributed by atoms with Crippen LogP contribution >= 0.6 is 35.6 Å². The number of hydrogen-bond acceptors (Lipinski definition) is 5. The number of nitrogens with one attached hydrogen (secondary N) is 1. The fourth-order valence-corrected chi connectivity index (χ4v) is 2.78. The van der Waals surface area contributed by atoms with Crippen molar-refractivity contribution in [1.82, 2.24) is 20.4 Å². The highest BCUT2D eigenvalue weighted by Crippen LogP contribution is 2.33. The summed E-state index contributed by atoms with van der Waals surface area (Å²) in [7, 11) is 0.